The van der Waals surface area contributed by atoms with Crippen LogP contribution in [0, 0.1) is 17.8 Å². The van der Waals surface area contributed by atoms with E-state index in [0.717, 1.165) is 26.0 Å². The summed E-state index contributed by atoms with van der Waals surface area (Å²) in [7, 11) is 2.09. The van der Waals surface area contributed by atoms with Gasteiger partial charge in [0, 0.05) is 31.0 Å². The number of unbranched alkanes of at least 4 members (excludes halogenated alkanes) is 1. The van der Waals surface area contributed by atoms with Crippen LogP contribution >= 0.6 is 0 Å². The van der Waals surface area contributed by atoms with Crippen molar-refractivity contribution >= 4 is 0 Å². The largest absolute Gasteiger partial charge is 0.501 e. The van der Waals surface area contributed by atoms with E-state index in [9.17, 15) is 5.11 Å². The normalized spacial score (nSPS) is 32.1. The fourth-order valence-corrected chi connectivity index (χ4v) is 2.29. The minimum absolute atomic E-state index is 0.163. The first-order valence-corrected chi connectivity index (χ1v) is 7.21. The van der Waals surface area contributed by atoms with Crippen LogP contribution in [0.5, 0.6) is 0 Å². The van der Waals surface area contributed by atoms with Crippen molar-refractivity contribution in [1.82, 2.24) is 4.90 Å². The minimum atomic E-state index is -0.875. The van der Waals surface area contributed by atoms with Gasteiger partial charge in [-0.2, -0.15) is 0 Å². The van der Waals surface area contributed by atoms with Crippen LogP contribution in [-0.4, -0.2) is 41.8 Å². The molecule has 0 aromatic rings. The maximum atomic E-state index is 10.6. The summed E-state index contributed by atoms with van der Waals surface area (Å²) in [6, 6.07) is 0.361. The fourth-order valence-electron chi connectivity index (χ4n) is 2.29. The van der Waals surface area contributed by atoms with Gasteiger partial charge in [-0.1, -0.05) is 32.1 Å². The van der Waals surface area contributed by atoms with E-state index < -0.39 is 5.60 Å². The predicted octanol–water partition coefficient (Wildman–Crippen LogP) is 2.41. The topological polar surface area (TPSA) is 32.7 Å². The Balaban J connectivity index is 2.50. The third-order valence-electron chi connectivity index (χ3n) is 3.89. The molecule has 1 fully saturated rings. The van der Waals surface area contributed by atoms with Crippen molar-refractivity contribution < 1.29 is 9.84 Å². The molecule has 1 saturated heterocycles. The first kappa shape index (κ1) is 16.1. The van der Waals surface area contributed by atoms with Crippen LogP contribution in [-0.2, 0) is 4.74 Å². The van der Waals surface area contributed by atoms with Crippen molar-refractivity contribution in [3.63, 3.8) is 0 Å². The second-order valence-corrected chi connectivity index (χ2v) is 5.61. The third kappa shape index (κ3) is 4.89. The highest BCUT2D eigenvalue weighted by Crippen LogP contribution is 2.30. The smallest absolute Gasteiger partial charge is 0.131 e. The van der Waals surface area contributed by atoms with Gasteiger partial charge in [0.15, 0.2) is 0 Å². The van der Waals surface area contributed by atoms with E-state index in [0.29, 0.717) is 12.5 Å². The second kappa shape index (κ2) is 7.57. The van der Waals surface area contributed by atoms with Crippen molar-refractivity contribution in [1.29, 1.82) is 0 Å². The Morgan fingerprint density at radius 3 is 2.89 bits per heavy atom. The zero-order chi connectivity index (χ0) is 14.3. The van der Waals surface area contributed by atoms with Crippen LogP contribution in [0.1, 0.15) is 40.0 Å². The van der Waals surface area contributed by atoms with Crippen LogP contribution in [0.25, 0.3) is 0 Å². The minimum Gasteiger partial charge on any atom is -0.501 e. The molecule has 0 spiro atoms. The molecule has 0 aromatic carbocycles. The molecule has 0 amide bonds. The van der Waals surface area contributed by atoms with Crippen molar-refractivity contribution in [2.24, 2.45) is 5.92 Å². The lowest BCUT2D eigenvalue weighted by Gasteiger charge is -2.42. The Labute approximate surface area is 117 Å². The number of allylic oxidation sites excluding steroid dienone is 1. The van der Waals surface area contributed by atoms with E-state index in [1.807, 2.05) is 0 Å². The predicted molar refractivity (Wildman–Crippen MR) is 78.6 cm³/mol. The molecule has 1 N–H and O–H groups in total. The lowest BCUT2D eigenvalue weighted by Crippen LogP contribution is -2.52. The zero-order valence-electron chi connectivity index (χ0n) is 12.6. The summed E-state index contributed by atoms with van der Waals surface area (Å²) < 4.78 is 5.29. The first-order valence-electron chi connectivity index (χ1n) is 7.21. The number of hydrogen-bond acceptors (Lipinski definition) is 3. The van der Waals surface area contributed by atoms with Crippen molar-refractivity contribution in [3.8, 4) is 11.8 Å². The number of nitrogens with zero attached hydrogens (tertiary/aromatic N) is 1. The highest BCUT2D eigenvalue weighted by molar-refractivity contribution is 5.24. The van der Waals surface area contributed by atoms with E-state index in [1.54, 1.807) is 12.3 Å². The van der Waals surface area contributed by atoms with Crippen LogP contribution in [0.2, 0.25) is 0 Å². The molecule has 108 valence electrons. The molecule has 3 heteroatoms. The van der Waals surface area contributed by atoms with E-state index in [2.05, 4.69) is 44.6 Å². The van der Waals surface area contributed by atoms with Gasteiger partial charge in [-0.15, -0.1) is 0 Å². The highest BCUT2D eigenvalue weighted by Gasteiger charge is 2.39. The Hall–Kier alpha value is -0.980. The number of hydrogen-bond donors (Lipinski definition) is 1. The van der Waals surface area contributed by atoms with Gasteiger partial charge in [0.25, 0.3) is 0 Å². The van der Waals surface area contributed by atoms with Crippen LogP contribution in [0.15, 0.2) is 12.3 Å². The molecule has 0 saturated carbocycles. The molecule has 1 aliphatic rings. The summed E-state index contributed by atoms with van der Waals surface area (Å²) in [6.45, 7) is 7.92. The number of likely N-dealkylation sites (tertiary alicyclic amines) is 1. The van der Waals surface area contributed by atoms with E-state index in [1.165, 1.54) is 0 Å². The van der Waals surface area contributed by atoms with Crippen LogP contribution in [0.3, 0.4) is 0 Å². The van der Waals surface area contributed by atoms with Crippen molar-refractivity contribution in [2.75, 3.05) is 20.2 Å². The quantitative estimate of drug-likeness (QED) is 0.481. The van der Waals surface area contributed by atoms with E-state index >= 15 is 0 Å². The molecular weight excluding hydrogens is 238 g/mol. The summed E-state index contributed by atoms with van der Waals surface area (Å²) in [4.78, 5) is 2.27. The lowest BCUT2D eigenvalue weighted by atomic mass is 9.79. The number of ether oxygens (including phenoxy) is 1. The Morgan fingerprint density at radius 1 is 1.47 bits per heavy atom. The zero-order valence-corrected chi connectivity index (χ0v) is 12.6. The molecule has 1 aliphatic heterocycles. The monoisotopic (exact) mass is 265 g/mol. The van der Waals surface area contributed by atoms with Gasteiger partial charge in [0.05, 0.1) is 12.9 Å². The summed E-state index contributed by atoms with van der Waals surface area (Å²) >= 11 is 0. The van der Waals surface area contributed by atoms with Crippen LogP contribution < -0.4 is 0 Å². The number of aliphatic hydroxyl groups is 1. The van der Waals surface area contributed by atoms with Crippen molar-refractivity contribution in [2.45, 2.75) is 51.7 Å². The molecular formula is C16H27NO2. The Bertz CT molecular complexity index is 355. The SMILES string of the molecule is CCCCOC=CC#CC1(O)CC(C)N(C)CC1C. The van der Waals surface area contributed by atoms with Gasteiger partial charge in [-0.05, 0) is 20.4 Å². The van der Waals surface area contributed by atoms with Gasteiger partial charge < -0.3 is 14.7 Å². The van der Waals surface area contributed by atoms with Gasteiger partial charge in [-0.3, -0.25) is 0 Å². The van der Waals surface area contributed by atoms with E-state index in [-0.39, 0.29) is 5.92 Å². The molecule has 3 unspecified atom stereocenters. The van der Waals surface area contributed by atoms with Crippen LogP contribution in [0.4, 0.5) is 0 Å². The fraction of sp³-hybridized carbons (Fsp3) is 0.750. The first-order chi connectivity index (χ1) is 8.99. The standard InChI is InChI=1S/C16H27NO2/c1-5-6-10-19-11-8-7-9-16(18)12-15(3)17(4)13-14(16)2/h8,11,14-15,18H,5-6,10,12-13H2,1-4H3. The van der Waals surface area contributed by atoms with E-state index in [4.69, 9.17) is 4.74 Å². The maximum absolute atomic E-state index is 10.6. The summed E-state index contributed by atoms with van der Waals surface area (Å²) in [5.74, 6) is 6.08. The molecule has 19 heavy (non-hydrogen) atoms. The average molecular weight is 265 g/mol. The summed E-state index contributed by atoms with van der Waals surface area (Å²) in [6.07, 6.45) is 6.19. The Morgan fingerprint density at radius 2 is 2.21 bits per heavy atom. The molecule has 1 rings (SSSR count). The molecule has 1 heterocycles. The maximum Gasteiger partial charge on any atom is 0.131 e. The molecule has 3 atom stereocenters. The molecule has 3 nitrogen and oxygen atoms in total. The Kier molecular flexibility index (Phi) is 6.41. The number of piperidine rings is 1. The van der Waals surface area contributed by atoms with Gasteiger partial charge >= 0.3 is 0 Å². The molecule has 0 aliphatic carbocycles. The van der Waals surface area contributed by atoms with Gasteiger partial charge in [0.2, 0.25) is 0 Å². The number of rotatable bonds is 4. The molecule has 0 aromatic heterocycles. The summed E-state index contributed by atoms with van der Waals surface area (Å²) in [5, 5.41) is 10.6. The second-order valence-electron chi connectivity index (χ2n) is 5.61. The average Bonchev–Trinajstić information content (AvgIpc) is 2.36. The summed E-state index contributed by atoms with van der Waals surface area (Å²) in [5.41, 5.74) is -0.875. The van der Waals surface area contributed by atoms with Gasteiger partial charge in [-0.25, -0.2) is 0 Å². The molecule has 0 bridgehead atoms. The van der Waals surface area contributed by atoms with Gasteiger partial charge in [0.1, 0.15) is 5.60 Å². The molecule has 0 radical (unpaired) electrons. The third-order valence-corrected chi connectivity index (χ3v) is 3.89. The highest BCUT2D eigenvalue weighted by atomic mass is 16.5. The lowest BCUT2D eigenvalue weighted by molar-refractivity contribution is -0.0346. The van der Waals surface area contributed by atoms with Crippen molar-refractivity contribution in [3.05, 3.63) is 12.3 Å².